The Hall–Kier alpha value is -6.62. The molecule has 0 bridgehead atoms. The summed E-state index contributed by atoms with van der Waals surface area (Å²) < 4.78 is 84.7. The van der Waals surface area contributed by atoms with Gasteiger partial charge >= 0.3 is 0 Å². The van der Waals surface area contributed by atoms with Crippen LogP contribution < -0.4 is 28.4 Å². The molecule has 0 radical (unpaired) electrons. The van der Waals surface area contributed by atoms with Gasteiger partial charge in [-0.3, -0.25) is 0 Å². The number of nitrogens with one attached hydrogen (secondary N) is 2. The van der Waals surface area contributed by atoms with Crippen molar-refractivity contribution in [2.75, 3.05) is 26.4 Å². The van der Waals surface area contributed by atoms with Gasteiger partial charge in [-0.05, 0) is 82.6 Å². The number of sulfonamides is 2. The molecule has 8 aromatic rings. The minimum absolute atomic E-state index is 0.107. The number of hydrogen-bond donors (Lipinski definition) is 2. The lowest BCUT2D eigenvalue weighted by Crippen LogP contribution is -2.29. The van der Waals surface area contributed by atoms with Gasteiger partial charge in [-0.25, -0.2) is 16.8 Å². The van der Waals surface area contributed by atoms with E-state index in [1.807, 2.05) is 109 Å². The third kappa shape index (κ3) is 9.66. The largest absolute Gasteiger partial charge is 0.490 e. The molecule has 0 spiro atoms. The molecule has 10 rings (SSSR count). The van der Waals surface area contributed by atoms with E-state index in [4.69, 9.17) is 31.8 Å². The molecule has 2 aromatic heterocycles. The lowest BCUT2D eigenvalue weighted by molar-refractivity contribution is 0.296. The van der Waals surface area contributed by atoms with E-state index in [0.29, 0.717) is 60.6 Å². The van der Waals surface area contributed by atoms with Crippen molar-refractivity contribution in [3.05, 3.63) is 178 Å². The van der Waals surface area contributed by atoms with Gasteiger partial charge in [0, 0.05) is 55.3 Å². The number of rotatable bonds is 10. The standard InChI is InChI=1S/2C26H21NO4S2/c2*1-2-18-8-3-5-10-21(18)26(25-16-19-9-4-6-11-24(19)32-25)27-33(28,29)20-12-13-22-23(17-20)31-15-7-14-30-22/h2*1,3-6,8-13,16-17,26-27H,7,14-15H2. The predicted molar refractivity (Wildman–Crippen MR) is 261 cm³/mol. The Labute approximate surface area is 392 Å². The van der Waals surface area contributed by atoms with E-state index >= 15 is 0 Å². The van der Waals surface area contributed by atoms with Crippen LogP contribution >= 0.6 is 22.7 Å². The van der Waals surface area contributed by atoms with Crippen LogP contribution in [0, 0.1) is 24.7 Å². The van der Waals surface area contributed by atoms with Gasteiger partial charge in [-0.1, -0.05) is 84.6 Å². The van der Waals surface area contributed by atoms with Crippen molar-refractivity contribution in [2.45, 2.75) is 34.7 Å². The molecule has 2 atom stereocenters. The van der Waals surface area contributed by atoms with Crippen LogP contribution in [0.4, 0.5) is 0 Å². The van der Waals surface area contributed by atoms with Crippen LogP contribution in [0.15, 0.2) is 155 Å². The highest BCUT2D eigenvalue weighted by Crippen LogP contribution is 2.39. The van der Waals surface area contributed by atoms with E-state index in [-0.39, 0.29) is 9.79 Å². The van der Waals surface area contributed by atoms with E-state index in [0.717, 1.165) is 53.9 Å². The lowest BCUT2D eigenvalue weighted by Gasteiger charge is -2.20. The molecular formula is C52H42N2O8S4. The van der Waals surface area contributed by atoms with Gasteiger partial charge in [-0.15, -0.1) is 35.5 Å². The second kappa shape index (κ2) is 19.5. The summed E-state index contributed by atoms with van der Waals surface area (Å²) in [4.78, 5) is 1.93. The minimum Gasteiger partial charge on any atom is -0.490 e. The first-order valence-electron chi connectivity index (χ1n) is 21.0. The van der Waals surface area contributed by atoms with Crippen LogP contribution in [0.5, 0.6) is 23.0 Å². The highest BCUT2D eigenvalue weighted by molar-refractivity contribution is 7.89. The molecule has 0 saturated heterocycles. The Morgan fingerprint density at radius 3 is 1.26 bits per heavy atom. The average molecular weight is 951 g/mol. The monoisotopic (exact) mass is 950 g/mol. The van der Waals surface area contributed by atoms with Crippen LogP contribution in [-0.2, 0) is 20.0 Å². The zero-order chi connectivity index (χ0) is 45.7. The summed E-state index contributed by atoms with van der Waals surface area (Å²) in [5, 5.41) is 2.10. The van der Waals surface area contributed by atoms with Crippen molar-refractivity contribution >= 4 is 62.9 Å². The van der Waals surface area contributed by atoms with Crippen LogP contribution in [0.1, 0.15) is 56.9 Å². The zero-order valence-corrected chi connectivity index (χ0v) is 38.6. The molecule has 0 fully saturated rings. The summed E-state index contributed by atoms with van der Waals surface area (Å²) >= 11 is 3.08. The number of terminal acetylenes is 2. The van der Waals surface area contributed by atoms with Gasteiger partial charge in [0.15, 0.2) is 23.0 Å². The second-order valence-electron chi connectivity index (χ2n) is 15.3. The highest BCUT2D eigenvalue weighted by Gasteiger charge is 2.29. The summed E-state index contributed by atoms with van der Waals surface area (Å²) in [5.41, 5.74) is 2.73. The smallest absolute Gasteiger partial charge is 0.241 e. The molecule has 4 heterocycles. The number of hydrogen-bond acceptors (Lipinski definition) is 10. The summed E-state index contributed by atoms with van der Waals surface area (Å²) in [5.74, 6) is 7.32. The fraction of sp³-hybridized carbons (Fsp3) is 0.154. The quantitative estimate of drug-likeness (QED) is 0.130. The van der Waals surface area contributed by atoms with Gasteiger partial charge < -0.3 is 18.9 Å². The van der Waals surface area contributed by atoms with Crippen LogP contribution in [0.25, 0.3) is 20.2 Å². The molecule has 2 unspecified atom stereocenters. The number of fused-ring (bicyclic) bond motifs is 4. The molecule has 2 N–H and O–H groups in total. The van der Waals surface area contributed by atoms with Crippen molar-refractivity contribution < 1.29 is 35.8 Å². The summed E-state index contributed by atoms with van der Waals surface area (Å²) in [6.45, 7) is 2.02. The van der Waals surface area contributed by atoms with E-state index in [1.165, 1.54) is 24.3 Å². The second-order valence-corrected chi connectivity index (χ2v) is 20.9. The molecule has 332 valence electrons. The maximum absolute atomic E-state index is 13.5. The van der Waals surface area contributed by atoms with Gasteiger partial charge in [0.1, 0.15) is 0 Å². The third-order valence-corrected chi connectivity index (χ3v) is 16.1. The van der Waals surface area contributed by atoms with Crippen LogP contribution in [0.3, 0.4) is 0 Å². The molecule has 2 aliphatic heterocycles. The Morgan fingerprint density at radius 2 is 0.848 bits per heavy atom. The first-order valence-corrected chi connectivity index (χ1v) is 25.6. The van der Waals surface area contributed by atoms with Crippen LogP contribution in [0.2, 0.25) is 0 Å². The molecule has 10 nitrogen and oxygen atoms in total. The minimum atomic E-state index is -3.91. The Morgan fingerprint density at radius 1 is 0.470 bits per heavy atom. The molecule has 6 aromatic carbocycles. The molecular weight excluding hydrogens is 909 g/mol. The molecule has 0 saturated carbocycles. The number of benzene rings is 6. The van der Waals surface area contributed by atoms with E-state index in [2.05, 4.69) is 21.3 Å². The van der Waals surface area contributed by atoms with Gasteiger partial charge in [0.2, 0.25) is 20.0 Å². The fourth-order valence-corrected chi connectivity index (χ4v) is 12.5. The number of ether oxygens (including phenoxy) is 4. The third-order valence-electron chi connectivity index (χ3n) is 10.9. The molecule has 14 heteroatoms. The van der Waals surface area contributed by atoms with Crippen molar-refractivity contribution in [3.63, 3.8) is 0 Å². The van der Waals surface area contributed by atoms with E-state index < -0.39 is 32.1 Å². The summed E-state index contributed by atoms with van der Waals surface area (Å²) in [6.07, 6.45) is 13.0. The Bertz CT molecular complexity index is 3090. The zero-order valence-electron chi connectivity index (χ0n) is 35.3. The van der Waals surface area contributed by atoms with Crippen molar-refractivity contribution in [1.29, 1.82) is 0 Å². The van der Waals surface area contributed by atoms with Crippen molar-refractivity contribution in [1.82, 2.24) is 9.44 Å². The Balaban J connectivity index is 0.000000166. The van der Waals surface area contributed by atoms with Gasteiger partial charge in [-0.2, -0.15) is 9.44 Å². The normalized spacial score (nSPS) is 14.4. The summed E-state index contributed by atoms with van der Waals surface area (Å²) in [6, 6.07) is 42.8. The first kappa shape index (κ1) is 44.6. The van der Waals surface area contributed by atoms with E-state index in [9.17, 15) is 16.8 Å². The Kier molecular flexibility index (Phi) is 13.1. The summed E-state index contributed by atoms with van der Waals surface area (Å²) in [7, 11) is -7.82. The topological polar surface area (TPSA) is 129 Å². The number of thiophene rings is 2. The van der Waals surface area contributed by atoms with E-state index in [1.54, 1.807) is 34.8 Å². The van der Waals surface area contributed by atoms with Crippen LogP contribution in [-0.4, -0.2) is 43.3 Å². The van der Waals surface area contributed by atoms with Crippen molar-refractivity contribution in [2.24, 2.45) is 0 Å². The lowest BCUT2D eigenvalue weighted by atomic mass is 10.00. The molecule has 0 amide bonds. The van der Waals surface area contributed by atoms with Crippen molar-refractivity contribution in [3.8, 4) is 47.7 Å². The SMILES string of the molecule is C#Cc1ccccc1C(NS(=O)(=O)c1ccc2c(c1)OCCCO2)c1cc2ccccc2s1.C#Cc1ccccc1C(NS(=O)(=O)c1ccc2c(c1)OCCCO2)c1cc2ccccc2s1. The maximum atomic E-state index is 13.5. The highest BCUT2D eigenvalue weighted by atomic mass is 32.2. The van der Waals surface area contributed by atoms with Gasteiger partial charge in [0.05, 0.1) is 48.3 Å². The fourth-order valence-electron chi connectivity index (χ4n) is 7.67. The van der Waals surface area contributed by atoms with Gasteiger partial charge in [0.25, 0.3) is 0 Å². The molecule has 2 aliphatic rings. The average Bonchev–Trinajstić information content (AvgIpc) is 3.80. The maximum Gasteiger partial charge on any atom is 0.241 e. The molecule has 66 heavy (non-hydrogen) atoms. The predicted octanol–water partition coefficient (Wildman–Crippen LogP) is 10.2. The molecule has 0 aliphatic carbocycles. The first-order chi connectivity index (χ1) is 32.1.